The monoisotopic (exact) mass is 319 g/mol. The topological polar surface area (TPSA) is 21.3 Å². The summed E-state index contributed by atoms with van der Waals surface area (Å²) in [5, 5.41) is 3.38. The zero-order chi connectivity index (χ0) is 13.7. The molecule has 1 unspecified atom stereocenters. The molecule has 0 amide bonds. The number of hydrogen-bond donors (Lipinski definition) is 1. The van der Waals surface area contributed by atoms with E-state index in [1.165, 1.54) is 11.1 Å². The number of halogens is 1. The second-order valence-corrected chi connectivity index (χ2v) is 5.27. The molecule has 0 radical (unpaired) electrons. The number of likely N-dealkylation sites (N-methyl/N-ethyl adjacent to an activating group) is 1. The van der Waals surface area contributed by atoms with Gasteiger partial charge in [0.05, 0.1) is 7.11 Å². The molecule has 2 aromatic rings. The summed E-state index contributed by atoms with van der Waals surface area (Å²) in [5.41, 5.74) is 2.57. The van der Waals surface area contributed by atoms with Gasteiger partial charge in [-0.05, 0) is 42.8 Å². The number of hydrogen-bond acceptors (Lipinski definition) is 2. The van der Waals surface area contributed by atoms with Crippen LogP contribution in [0.5, 0.6) is 5.75 Å². The van der Waals surface area contributed by atoms with Crippen molar-refractivity contribution in [3.8, 4) is 5.75 Å². The first-order chi connectivity index (χ1) is 9.24. The van der Waals surface area contributed by atoms with E-state index in [4.69, 9.17) is 4.74 Å². The van der Waals surface area contributed by atoms with Gasteiger partial charge in [0, 0.05) is 10.5 Å². The molecule has 0 aromatic heterocycles. The maximum atomic E-state index is 5.18. The molecule has 0 heterocycles. The molecule has 19 heavy (non-hydrogen) atoms. The highest BCUT2D eigenvalue weighted by Gasteiger charge is 2.12. The van der Waals surface area contributed by atoms with E-state index in [9.17, 15) is 0 Å². The molecule has 0 fully saturated rings. The van der Waals surface area contributed by atoms with E-state index in [0.717, 1.165) is 16.6 Å². The van der Waals surface area contributed by atoms with Gasteiger partial charge in [-0.3, -0.25) is 0 Å². The van der Waals surface area contributed by atoms with E-state index < -0.39 is 0 Å². The Morgan fingerprint density at radius 3 is 2.37 bits per heavy atom. The highest BCUT2D eigenvalue weighted by atomic mass is 79.9. The molecule has 100 valence electrons. The molecule has 0 aliphatic carbocycles. The summed E-state index contributed by atoms with van der Waals surface area (Å²) >= 11 is 3.61. The first-order valence-electron chi connectivity index (χ1n) is 6.29. The molecule has 2 nitrogen and oxygen atoms in total. The summed E-state index contributed by atoms with van der Waals surface area (Å²) in [6.07, 6.45) is 0.948. The summed E-state index contributed by atoms with van der Waals surface area (Å²) in [5.74, 6) is 0.894. The van der Waals surface area contributed by atoms with Gasteiger partial charge in [-0.2, -0.15) is 0 Å². The van der Waals surface area contributed by atoms with Gasteiger partial charge in [0.25, 0.3) is 0 Å². The lowest BCUT2D eigenvalue weighted by Crippen LogP contribution is -2.19. The predicted molar refractivity (Wildman–Crippen MR) is 82.6 cm³/mol. The van der Waals surface area contributed by atoms with Crippen molar-refractivity contribution in [1.29, 1.82) is 0 Å². The normalized spacial score (nSPS) is 12.2. The van der Waals surface area contributed by atoms with Crippen LogP contribution in [-0.2, 0) is 6.42 Å². The molecule has 0 bridgehead atoms. The van der Waals surface area contributed by atoms with Gasteiger partial charge in [-0.25, -0.2) is 0 Å². The van der Waals surface area contributed by atoms with Gasteiger partial charge < -0.3 is 10.1 Å². The Kier molecular flexibility index (Phi) is 5.00. The van der Waals surface area contributed by atoms with Crippen LogP contribution in [0.25, 0.3) is 0 Å². The second-order valence-electron chi connectivity index (χ2n) is 4.41. The van der Waals surface area contributed by atoms with Crippen LogP contribution in [0.4, 0.5) is 0 Å². The maximum Gasteiger partial charge on any atom is 0.118 e. The Hall–Kier alpha value is -1.32. The van der Waals surface area contributed by atoms with Crippen molar-refractivity contribution in [1.82, 2.24) is 5.32 Å². The van der Waals surface area contributed by atoms with Crippen LogP contribution in [0.2, 0.25) is 0 Å². The van der Waals surface area contributed by atoms with E-state index in [2.05, 4.69) is 51.6 Å². The maximum absolute atomic E-state index is 5.18. The van der Waals surface area contributed by atoms with Gasteiger partial charge in [-0.15, -0.1) is 0 Å². The molecular weight excluding hydrogens is 302 g/mol. The van der Waals surface area contributed by atoms with Crippen LogP contribution in [-0.4, -0.2) is 14.2 Å². The molecule has 0 aliphatic rings. The van der Waals surface area contributed by atoms with Crippen LogP contribution in [0.3, 0.4) is 0 Å². The van der Waals surface area contributed by atoms with Gasteiger partial charge in [-0.1, -0.05) is 46.3 Å². The molecule has 1 N–H and O–H groups in total. The fraction of sp³-hybridized carbons (Fsp3) is 0.250. The van der Waals surface area contributed by atoms with Gasteiger partial charge in [0.1, 0.15) is 5.75 Å². The Morgan fingerprint density at radius 1 is 1.11 bits per heavy atom. The summed E-state index contributed by atoms with van der Waals surface area (Å²) in [4.78, 5) is 0. The second kappa shape index (κ2) is 6.73. The van der Waals surface area contributed by atoms with Crippen molar-refractivity contribution in [2.45, 2.75) is 12.5 Å². The lowest BCUT2D eigenvalue weighted by Gasteiger charge is -2.18. The van der Waals surface area contributed by atoms with Crippen molar-refractivity contribution in [2.75, 3.05) is 14.2 Å². The first kappa shape index (κ1) is 14.1. The summed E-state index contributed by atoms with van der Waals surface area (Å²) in [7, 11) is 3.68. The summed E-state index contributed by atoms with van der Waals surface area (Å²) < 4.78 is 6.32. The van der Waals surface area contributed by atoms with Crippen LogP contribution >= 0.6 is 15.9 Å². The number of rotatable bonds is 5. The minimum Gasteiger partial charge on any atom is -0.497 e. The standard InChI is InChI=1S/C16H18BrNO/c1-18-16(14-5-3-4-6-15(14)17)11-12-7-9-13(19-2)10-8-12/h3-10,16,18H,11H2,1-2H3. The van der Waals surface area contributed by atoms with E-state index in [1.807, 2.05) is 25.2 Å². The Labute approximate surface area is 122 Å². The first-order valence-corrected chi connectivity index (χ1v) is 7.08. The number of methoxy groups -OCH3 is 1. The average Bonchev–Trinajstić information content (AvgIpc) is 2.46. The fourth-order valence-electron chi connectivity index (χ4n) is 2.12. The van der Waals surface area contributed by atoms with Crippen molar-refractivity contribution >= 4 is 15.9 Å². The van der Waals surface area contributed by atoms with Crippen molar-refractivity contribution in [3.63, 3.8) is 0 Å². The molecule has 0 saturated heterocycles. The van der Waals surface area contributed by atoms with Gasteiger partial charge in [0.15, 0.2) is 0 Å². The molecule has 0 saturated carbocycles. The zero-order valence-corrected chi connectivity index (χ0v) is 12.8. The molecule has 2 rings (SSSR count). The van der Waals surface area contributed by atoms with Crippen molar-refractivity contribution in [2.24, 2.45) is 0 Å². The van der Waals surface area contributed by atoms with E-state index in [0.29, 0.717) is 6.04 Å². The minimum absolute atomic E-state index is 0.295. The van der Waals surface area contributed by atoms with Crippen LogP contribution in [0, 0.1) is 0 Å². The number of nitrogens with one attached hydrogen (secondary N) is 1. The highest BCUT2D eigenvalue weighted by Crippen LogP contribution is 2.26. The Morgan fingerprint density at radius 2 is 1.79 bits per heavy atom. The SMILES string of the molecule is CNC(Cc1ccc(OC)cc1)c1ccccc1Br. The van der Waals surface area contributed by atoms with E-state index in [-0.39, 0.29) is 0 Å². The highest BCUT2D eigenvalue weighted by molar-refractivity contribution is 9.10. The number of ether oxygens (including phenoxy) is 1. The molecule has 0 spiro atoms. The van der Waals surface area contributed by atoms with E-state index in [1.54, 1.807) is 7.11 Å². The van der Waals surface area contributed by atoms with Crippen molar-refractivity contribution in [3.05, 3.63) is 64.1 Å². The molecule has 1 atom stereocenters. The Bertz CT molecular complexity index is 525. The Balaban J connectivity index is 2.17. The summed E-state index contributed by atoms with van der Waals surface area (Å²) in [6, 6.07) is 16.8. The fourth-order valence-corrected chi connectivity index (χ4v) is 2.68. The molecule has 3 heteroatoms. The van der Waals surface area contributed by atoms with E-state index >= 15 is 0 Å². The summed E-state index contributed by atoms with van der Waals surface area (Å²) in [6.45, 7) is 0. The quantitative estimate of drug-likeness (QED) is 0.900. The third kappa shape index (κ3) is 3.58. The lowest BCUT2D eigenvalue weighted by molar-refractivity contribution is 0.414. The molecular formula is C16H18BrNO. The smallest absolute Gasteiger partial charge is 0.118 e. The third-order valence-corrected chi connectivity index (χ3v) is 3.95. The van der Waals surface area contributed by atoms with Gasteiger partial charge >= 0.3 is 0 Å². The van der Waals surface area contributed by atoms with Gasteiger partial charge in [0.2, 0.25) is 0 Å². The molecule has 2 aromatic carbocycles. The minimum atomic E-state index is 0.295. The third-order valence-electron chi connectivity index (χ3n) is 3.23. The van der Waals surface area contributed by atoms with Crippen LogP contribution in [0.15, 0.2) is 53.0 Å². The number of benzene rings is 2. The average molecular weight is 320 g/mol. The molecule has 0 aliphatic heterocycles. The zero-order valence-electron chi connectivity index (χ0n) is 11.2. The van der Waals surface area contributed by atoms with Crippen LogP contribution < -0.4 is 10.1 Å². The lowest BCUT2D eigenvalue weighted by atomic mass is 9.99. The predicted octanol–water partition coefficient (Wildman–Crippen LogP) is 3.96. The van der Waals surface area contributed by atoms with Crippen LogP contribution in [0.1, 0.15) is 17.2 Å². The van der Waals surface area contributed by atoms with Crippen molar-refractivity contribution < 1.29 is 4.74 Å². The largest absolute Gasteiger partial charge is 0.497 e.